The van der Waals surface area contributed by atoms with E-state index >= 15 is 0 Å². The zero-order chi connectivity index (χ0) is 11.3. The molecule has 1 rings (SSSR count). The van der Waals surface area contributed by atoms with Gasteiger partial charge in [0.1, 0.15) is 0 Å². The van der Waals surface area contributed by atoms with Crippen molar-refractivity contribution in [1.82, 2.24) is 5.06 Å². The summed E-state index contributed by atoms with van der Waals surface area (Å²) in [4.78, 5) is 0. The number of rotatable bonds is 4. The number of benzene rings is 1. The van der Waals surface area contributed by atoms with Gasteiger partial charge in [-0.1, -0.05) is 42.5 Å². The Kier molecular flexibility index (Phi) is 4.53. The number of nitrogens with zero attached hydrogens (tertiary/aromatic N) is 1. The lowest BCUT2D eigenvalue weighted by atomic mass is 10.1. The molecule has 0 radical (unpaired) electrons. The van der Waals surface area contributed by atoms with Crippen molar-refractivity contribution in [2.75, 3.05) is 0 Å². The molecule has 1 N–H and O–H groups in total. The fourth-order valence-electron chi connectivity index (χ4n) is 1.37. The van der Waals surface area contributed by atoms with Crippen molar-refractivity contribution >= 4 is 6.08 Å². The quantitative estimate of drug-likeness (QED) is 0.763. The Hall–Kier alpha value is -1.12. The summed E-state index contributed by atoms with van der Waals surface area (Å²) in [6.45, 7) is 5.90. The summed E-state index contributed by atoms with van der Waals surface area (Å²) in [7, 11) is 0. The fourth-order valence-corrected chi connectivity index (χ4v) is 1.37. The normalized spacial score (nSPS) is 14.0. The van der Waals surface area contributed by atoms with Crippen molar-refractivity contribution < 1.29 is 5.21 Å². The first-order chi connectivity index (χ1) is 7.11. The van der Waals surface area contributed by atoms with Gasteiger partial charge in [0, 0.05) is 6.04 Å². The lowest BCUT2D eigenvalue weighted by Crippen LogP contribution is -2.34. The van der Waals surface area contributed by atoms with Crippen LogP contribution >= 0.6 is 0 Å². The minimum Gasteiger partial charge on any atom is -0.313 e. The minimum absolute atomic E-state index is 0.0326. The highest BCUT2D eigenvalue weighted by atomic mass is 16.5. The SMILES string of the molecule is CC(C)N(O)C(C)C=Cc1ccccc1. The van der Waals surface area contributed by atoms with Crippen LogP contribution in [0.15, 0.2) is 36.4 Å². The molecule has 2 nitrogen and oxygen atoms in total. The van der Waals surface area contributed by atoms with Crippen molar-refractivity contribution in [3.8, 4) is 0 Å². The van der Waals surface area contributed by atoms with Crippen molar-refractivity contribution in [2.45, 2.75) is 32.9 Å². The van der Waals surface area contributed by atoms with Crippen LogP contribution in [-0.2, 0) is 0 Å². The molecule has 15 heavy (non-hydrogen) atoms. The molecule has 0 spiro atoms. The number of hydrogen-bond donors (Lipinski definition) is 1. The van der Waals surface area contributed by atoms with Crippen molar-refractivity contribution in [3.63, 3.8) is 0 Å². The van der Waals surface area contributed by atoms with Crippen LogP contribution in [0.5, 0.6) is 0 Å². The maximum atomic E-state index is 9.66. The van der Waals surface area contributed by atoms with Gasteiger partial charge >= 0.3 is 0 Å². The van der Waals surface area contributed by atoms with Gasteiger partial charge in [-0.15, -0.1) is 0 Å². The molecule has 0 heterocycles. The summed E-state index contributed by atoms with van der Waals surface area (Å²) in [5.74, 6) is 0. The largest absolute Gasteiger partial charge is 0.313 e. The molecule has 0 amide bonds. The topological polar surface area (TPSA) is 23.5 Å². The number of hydrogen-bond acceptors (Lipinski definition) is 2. The van der Waals surface area contributed by atoms with Gasteiger partial charge < -0.3 is 5.21 Å². The first-order valence-electron chi connectivity index (χ1n) is 5.31. The second-order valence-electron chi connectivity index (χ2n) is 3.98. The highest BCUT2D eigenvalue weighted by molar-refractivity contribution is 5.49. The molecule has 0 bridgehead atoms. The van der Waals surface area contributed by atoms with Crippen LogP contribution in [0.25, 0.3) is 6.08 Å². The van der Waals surface area contributed by atoms with Crippen LogP contribution in [0.4, 0.5) is 0 Å². The van der Waals surface area contributed by atoms with Gasteiger partial charge in [0.2, 0.25) is 0 Å². The van der Waals surface area contributed by atoms with Crippen molar-refractivity contribution in [3.05, 3.63) is 42.0 Å². The summed E-state index contributed by atoms with van der Waals surface area (Å²) in [5, 5.41) is 11.0. The van der Waals surface area contributed by atoms with E-state index in [4.69, 9.17) is 0 Å². The Morgan fingerprint density at radius 3 is 2.27 bits per heavy atom. The average molecular weight is 205 g/mol. The molecule has 0 fully saturated rings. The second-order valence-corrected chi connectivity index (χ2v) is 3.98. The first kappa shape index (κ1) is 12.0. The molecule has 1 aromatic carbocycles. The molecular formula is C13H19NO. The Bertz CT molecular complexity index is 306. The molecule has 0 aliphatic heterocycles. The third-order valence-electron chi connectivity index (χ3n) is 2.31. The minimum atomic E-state index is 0.0326. The van der Waals surface area contributed by atoms with Crippen LogP contribution in [0.2, 0.25) is 0 Å². The number of hydroxylamine groups is 2. The zero-order valence-corrected chi connectivity index (χ0v) is 9.59. The molecule has 1 atom stereocenters. The Balaban J connectivity index is 2.58. The van der Waals surface area contributed by atoms with E-state index in [1.807, 2.05) is 63.3 Å². The van der Waals surface area contributed by atoms with Crippen LogP contribution in [-0.4, -0.2) is 22.4 Å². The molecule has 82 valence electrons. The molecule has 0 aliphatic rings. The Morgan fingerprint density at radius 1 is 1.13 bits per heavy atom. The van der Waals surface area contributed by atoms with Gasteiger partial charge in [-0.05, 0) is 26.3 Å². The van der Waals surface area contributed by atoms with E-state index in [-0.39, 0.29) is 12.1 Å². The van der Waals surface area contributed by atoms with E-state index in [0.29, 0.717) is 0 Å². The average Bonchev–Trinajstić information content (AvgIpc) is 2.26. The fraction of sp³-hybridized carbons (Fsp3) is 0.385. The van der Waals surface area contributed by atoms with Crippen molar-refractivity contribution in [1.29, 1.82) is 0 Å². The summed E-state index contributed by atoms with van der Waals surface area (Å²) in [6, 6.07) is 10.3. The highest BCUT2D eigenvalue weighted by Gasteiger charge is 2.10. The summed E-state index contributed by atoms with van der Waals surface area (Å²) >= 11 is 0. The molecule has 0 aromatic heterocycles. The van der Waals surface area contributed by atoms with Gasteiger partial charge in [0.15, 0.2) is 0 Å². The van der Waals surface area contributed by atoms with Crippen LogP contribution in [0, 0.1) is 0 Å². The summed E-state index contributed by atoms with van der Waals surface area (Å²) < 4.78 is 0. The van der Waals surface area contributed by atoms with Gasteiger partial charge in [-0.2, -0.15) is 5.06 Å². The molecule has 0 saturated heterocycles. The summed E-state index contributed by atoms with van der Waals surface area (Å²) in [5.41, 5.74) is 1.15. The lowest BCUT2D eigenvalue weighted by molar-refractivity contribution is -0.133. The zero-order valence-electron chi connectivity index (χ0n) is 9.59. The van der Waals surface area contributed by atoms with Gasteiger partial charge in [0.25, 0.3) is 0 Å². The Labute approximate surface area is 91.8 Å². The smallest absolute Gasteiger partial charge is 0.0508 e. The predicted octanol–water partition coefficient (Wildman–Crippen LogP) is 3.19. The maximum Gasteiger partial charge on any atom is 0.0508 e. The van der Waals surface area contributed by atoms with Gasteiger partial charge in [0.05, 0.1) is 6.04 Å². The molecule has 0 aliphatic carbocycles. The molecule has 2 heteroatoms. The predicted molar refractivity (Wildman–Crippen MR) is 63.7 cm³/mol. The lowest BCUT2D eigenvalue weighted by Gasteiger charge is -2.23. The molecular weight excluding hydrogens is 186 g/mol. The van der Waals surface area contributed by atoms with E-state index in [1.165, 1.54) is 5.06 Å². The van der Waals surface area contributed by atoms with Gasteiger partial charge in [-0.25, -0.2) is 0 Å². The standard InChI is InChI=1S/C13H19NO/c1-11(2)14(15)12(3)9-10-13-7-5-4-6-8-13/h4-12,15H,1-3H3. The van der Waals surface area contributed by atoms with E-state index < -0.39 is 0 Å². The highest BCUT2D eigenvalue weighted by Crippen LogP contribution is 2.06. The van der Waals surface area contributed by atoms with Gasteiger partial charge in [-0.3, -0.25) is 0 Å². The molecule has 1 aromatic rings. The van der Waals surface area contributed by atoms with E-state index in [9.17, 15) is 5.21 Å². The first-order valence-corrected chi connectivity index (χ1v) is 5.31. The molecule has 1 unspecified atom stereocenters. The van der Waals surface area contributed by atoms with Crippen LogP contribution in [0.1, 0.15) is 26.3 Å². The maximum absolute atomic E-state index is 9.66. The monoisotopic (exact) mass is 205 g/mol. The van der Waals surface area contributed by atoms with E-state index in [2.05, 4.69) is 0 Å². The van der Waals surface area contributed by atoms with Crippen LogP contribution < -0.4 is 0 Å². The Morgan fingerprint density at radius 2 is 1.73 bits per heavy atom. The van der Waals surface area contributed by atoms with E-state index in [0.717, 1.165) is 5.56 Å². The molecule has 0 saturated carbocycles. The third-order valence-corrected chi connectivity index (χ3v) is 2.31. The second kappa shape index (κ2) is 5.69. The van der Waals surface area contributed by atoms with Crippen molar-refractivity contribution in [2.24, 2.45) is 0 Å². The van der Waals surface area contributed by atoms with Crippen LogP contribution in [0.3, 0.4) is 0 Å². The third kappa shape index (κ3) is 3.86. The van der Waals surface area contributed by atoms with E-state index in [1.54, 1.807) is 0 Å². The summed E-state index contributed by atoms with van der Waals surface area (Å²) in [6.07, 6.45) is 4.02.